The highest BCUT2D eigenvalue weighted by Crippen LogP contribution is 2.33. The van der Waals surface area contributed by atoms with Crippen LogP contribution in [0.5, 0.6) is 5.75 Å². The second kappa shape index (κ2) is 8.87. The minimum absolute atomic E-state index is 0.0545. The molecule has 0 aliphatic carbocycles. The highest BCUT2D eigenvalue weighted by atomic mass is 35.5. The standard InChI is InChI=1S/C19H19Cl2FN2O4S/c1-28-17-6-5-13(11-16(17)22)23-19(25)12-7-9-24(10-8-12)29(26,27)18-14(20)3-2-4-15(18)21/h2-6,11-12H,7-10H2,1H3,(H,23,25). The summed E-state index contributed by atoms with van der Waals surface area (Å²) in [7, 11) is -2.51. The molecule has 1 heterocycles. The van der Waals surface area contributed by atoms with E-state index in [1.807, 2.05) is 0 Å². The Hall–Kier alpha value is -1.87. The third-order valence-electron chi connectivity index (χ3n) is 4.76. The lowest BCUT2D eigenvalue weighted by atomic mass is 9.97. The van der Waals surface area contributed by atoms with Crippen LogP contribution < -0.4 is 10.1 Å². The lowest BCUT2D eigenvalue weighted by Crippen LogP contribution is -2.41. The Bertz CT molecular complexity index is 1000. The van der Waals surface area contributed by atoms with Gasteiger partial charge in [0.15, 0.2) is 11.6 Å². The number of rotatable bonds is 5. The SMILES string of the molecule is COc1ccc(NC(=O)C2CCN(S(=O)(=O)c3c(Cl)cccc3Cl)CC2)cc1F. The smallest absolute Gasteiger partial charge is 0.246 e. The average molecular weight is 461 g/mol. The quantitative estimate of drug-likeness (QED) is 0.725. The van der Waals surface area contributed by atoms with Gasteiger partial charge < -0.3 is 10.1 Å². The molecule has 0 atom stereocenters. The van der Waals surface area contributed by atoms with Gasteiger partial charge in [-0.2, -0.15) is 4.31 Å². The number of nitrogens with zero attached hydrogens (tertiary/aromatic N) is 1. The van der Waals surface area contributed by atoms with E-state index in [-0.39, 0.29) is 39.7 Å². The first-order chi connectivity index (χ1) is 13.7. The summed E-state index contributed by atoms with van der Waals surface area (Å²) in [6.45, 7) is 0.303. The van der Waals surface area contributed by atoms with Crippen molar-refractivity contribution in [2.75, 3.05) is 25.5 Å². The monoisotopic (exact) mass is 460 g/mol. The van der Waals surface area contributed by atoms with E-state index in [4.69, 9.17) is 27.9 Å². The summed E-state index contributed by atoms with van der Waals surface area (Å²) in [5.41, 5.74) is 0.311. The molecule has 10 heteroatoms. The Morgan fingerprint density at radius 2 is 1.79 bits per heavy atom. The van der Waals surface area contributed by atoms with Crippen LogP contribution >= 0.6 is 23.2 Å². The van der Waals surface area contributed by atoms with E-state index >= 15 is 0 Å². The topological polar surface area (TPSA) is 75.7 Å². The van der Waals surface area contributed by atoms with E-state index in [0.717, 1.165) is 0 Å². The largest absolute Gasteiger partial charge is 0.494 e. The molecule has 1 aliphatic heterocycles. The molecule has 1 aliphatic rings. The summed E-state index contributed by atoms with van der Waals surface area (Å²) in [6.07, 6.45) is 0.650. The maximum Gasteiger partial charge on any atom is 0.246 e. The van der Waals surface area contributed by atoms with E-state index in [2.05, 4.69) is 5.32 Å². The van der Waals surface area contributed by atoms with E-state index in [1.54, 1.807) is 12.1 Å². The zero-order chi connectivity index (χ0) is 21.2. The van der Waals surface area contributed by atoms with Crippen molar-refractivity contribution < 1.29 is 22.3 Å². The number of methoxy groups -OCH3 is 1. The molecule has 0 aromatic heterocycles. The first-order valence-corrected chi connectivity index (χ1v) is 11.0. The van der Waals surface area contributed by atoms with Crippen molar-refractivity contribution in [3.8, 4) is 5.75 Å². The minimum Gasteiger partial charge on any atom is -0.494 e. The van der Waals surface area contributed by atoms with Crippen molar-refractivity contribution in [1.82, 2.24) is 4.31 Å². The lowest BCUT2D eigenvalue weighted by Gasteiger charge is -2.31. The van der Waals surface area contributed by atoms with Gasteiger partial charge in [0.25, 0.3) is 0 Å². The van der Waals surface area contributed by atoms with Crippen LogP contribution in [0.2, 0.25) is 10.0 Å². The van der Waals surface area contributed by atoms with Crippen molar-refractivity contribution in [3.63, 3.8) is 0 Å². The zero-order valence-electron chi connectivity index (χ0n) is 15.5. The molecule has 0 saturated carbocycles. The molecule has 29 heavy (non-hydrogen) atoms. The number of anilines is 1. The van der Waals surface area contributed by atoms with Gasteiger partial charge in [-0.05, 0) is 37.1 Å². The highest BCUT2D eigenvalue weighted by molar-refractivity contribution is 7.89. The number of benzene rings is 2. The Morgan fingerprint density at radius 3 is 2.34 bits per heavy atom. The van der Waals surface area contributed by atoms with Gasteiger partial charge in [0.1, 0.15) is 4.90 Å². The summed E-state index contributed by atoms with van der Waals surface area (Å²) in [5, 5.41) is 2.77. The normalized spacial score (nSPS) is 15.9. The lowest BCUT2D eigenvalue weighted by molar-refractivity contribution is -0.120. The Morgan fingerprint density at radius 1 is 1.17 bits per heavy atom. The molecule has 1 saturated heterocycles. The summed E-state index contributed by atoms with van der Waals surface area (Å²) in [6, 6.07) is 8.65. The number of piperidine rings is 1. The molecular weight excluding hydrogens is 442 g/mol. The predicted molar refractivity (Wildman–Crippen MR) is 110 cm³/mol. The molecule has 1 N–H and O–H groups in total. The van der Waals surface area contributed by atoms with Crippen molar-refractivity contribution >= 4 is 44.8 Å². The second-order valence-corrected chi connectivity index (χ2v) is 9.26. The van der Waals surface area contributed by atoms with Crippen molar-refractivity contribution in [3.05, 3.63) is 52.3 Å². The third kappa shape index (κ3) is 4.66. The number of carbonyl (C=O) groups excluding carboxylic acids is 1. The van der Waals surface area contributed by atoms with Gasteiger partial charge in [0, 0.05) is 30.8 Å². The van der Waals surface area contributed by atoms with Crippen molar-refractivity contribution in [2.24, 2.45) is 5.92 Å². The number of nitrogens with one attached hydrogen (secondary N) is 1. The molecule has 0 unspecified atom stereocenters. The summed E-state index contributed by atoms with van der Waals surface area (Å²) < 4.78 is 45.7. The maximum atomic E-state index is 13.8. The van der Waals surface area contributed by atoms with E-state index in [0.29, 0.717) is 18.5 Å². The van der Waals surface area contributed by atoms with Gasteiger partial charge in [-0.15, -0.1) is 0 Å². The van der Waals surface area contributed by atoms with Gasteiger partial charge in [-0.1, -0.05) is 29.3 Å². The van der Waals surface area contributed by atoms with Gasteiger partial charge in [0.05, 0.1) is 17.2 Å². The number of halogens is 3. The summed E-state index contributed by atoms with van der Waals surface area (Å²) in [4.78, 5) is 12.4. The van der Waals surface area contributed by atoms with Crippen LogP contribution in [0.3, 0.4) is 0 Å². The molecular formula is C19H19Cl2FN2O4S. The molecule has 156 valence electrons. The van der Waals surface area contributed by atoms with E-state index < -0.39 is 21.8 Å². The fourth-order valence-electron chi connectivity index (χ4n) is 3.20. The predicted octanol–water partition coefficient (Wildman–Crippen LogP) is 4.18. The average Bonchev–Trinajstić information content (AvgIpc) is 2.68. The van der Waals surface area contributed by atoms with Crippen LogP contribution in [0.4, 0.5) is 10.1 Å². The van der Waals surface area contributed by atoms with Gasteiger partial charge >= 0.3 is 0 Å². The van der Waals surface area contributed by atoms with Gasteiger partial charge in [0.2, 0.25) is 15.9 Å². The molecule has 0 bridgehead atoms. The molecule has 1 fully saturated rings. The van der Waals surface area contributed by atoms with Crippen LogP contribution in [0.15, 0.2) is 41.3 Å². The van der Waals surface area contributed by atoms with Crippen LogP contribution in [0, 0.1) is 11.7 Å². The number of amides is 1. The molecule has 0 spiro atoms. The van der Waals surface area contributed by atoms with Gasteiger partial charge in [-0.25, -0.2) is 12.8 Å². The number of ether oxygens (including phenoxy) is 1. The van der Waals surface area contributed by atoms with Crippen LogP contribution in [-0.2, 0) is 14.8 Å². The Balaban J connectivity index is 1.65. The molecule has 2 aromatic rings. The number of sulfonamides is 1. The zero-order valence-corrected chi connectivity index (χ0v) is 17.8. The Labute approximate surface area is 178 Å². The minimum atomic E-state index is -3.87. The van der Waals surface area contributed by atoms with Crippen molar-refractivity contribution in [2.45, 2.75) is 17.7 Å². The van der Waals surface area contributed by atoms with E-state index in [1.165, 1.54) is 35.7 Å². The first kappa shape index (κ1) is 21.8. The number of carbonyl (C=O) groups is 1. The van der Waals surface area contributed by atoms with Gasteiger partial charge in [-0.3, -0.25) is 4.79 Å². The fourth-order valence-corrected chi connectivity index (χ4v) is 5.77. The first-order valence-electron chi connectivity index (χ1n) is 8.82. The second-order valence-electron chi connectivity index (χ2n) is 6.57. The molecule has 3 rings (SSSR count). The van der Waals surface area contributed by atoms with E-state index in [9.17, 15) is 17.6 Å². The number of hydrogen-bond donors (Lipinski definition) is 1. The molecule has 6 nitrogen and oxygen atoms in total. The Kier molecular flexibility index (Phi) is 6.68. The molecule has 2 aromatic carbocycles. The molecule has 1 amide bonds. The molecule has 0 radical (unpaired) electrons. The highest BCUT2D eigenvalue weighted by Gasteiger charge is 2.34. The third-order valence-corrected chi connectivity index (χ3v) is 7.62. The number of hydrogen-bond acceptors (Lipinski definition) is 4. The van der Waals surface area contributed by atoms with Crippen LogP contribution in [0.1, 0.15) is 12.8 Å². The summed E-state index contributed by atoms with van der Waals surface area (Å²) >= 11 is 12.1. The van der Waals surface area contributed by atoms with Crippen LogP contribution in [0.25, 0.3) is 0 Å². The van der Waals surface area contributed by atoms with Crippen LogP contribution in [-0.4, -0.2) is 38.8 Å². The van der Waals surface area contributed by atoms with Crippen molar-refractivity contribution in [1.29, 1.82) is 0 Å². The fraction of sp³-hybridized carbons (Fsp3) is 0.316. The summed E-state index contributed by atoms with van der Waals surface area (Å²) in [5.74, 6) is -1.18. The maximum absolute atomic E-state index is 13.8.